The van der Waals surface area contributed by atoms with E-state index in [1.54, 1.807) is 6.07 Å². The molecule has 0 saturated heterocycles. The highest BCUT2D eigenvalue weighted by Gasteiger charge is 2.23. The molecule has 0 atom stereocenters. The molecule has 182 valence electrons. The first-order valence-corrected chi connectivity index (χ1v) is 6.33. The standard InChI is InChI=1S/C6H4N3O2.4BF4/c7-8-5-3-1-2-4-6(5)9(10)11;4*2-1(3,4)5/h1-4H;;;;/q+1;4*-1. The molecule has 0 aromatic heterocycles. The van der Waals surface area contributed by atoms with Crippen molar-refractivity contribution in [3.63, 3.8) is 0 Å². The number of nitrogens with zero attached hydrogens (tertiary/aromatic N) is 3. The Labute approximate surface area is 160 Å². The van der Waals surface area contributed by atoms with Crippen molar-refractivity contribution in [2.75, 3.05) is 0 Å². The zero-order valence-corrected chi connectivity index (χ0v) is 13.8. The van der Waals surface area contributed by atoms with E-state index in [1.165, 1.54) is 18.2 Å². The molecule has 0 unspecified atom stereocenters. The molecule has 1 aromatic carbocycles. The third kappa shape index (κ3) is 85.7. The van der Waals surface area contributed by atoms with Crippen LogP contribution >= 0.6 is 0 Å². The summed E-state index contributed by atoms with van der Waals surface area (Å²) in [6.07, 6.45) is 0. The van der Waals surface area contributed by atoms with E-state index in [1.807, 2.05) is 0 Å². The van der Waals surface area contributed by atoms with Crippen molar-refractivity contribution >= 4 is 40.4 Å². The van der Waals surface area contributed by atoms with Crippen LogP contribution in [0.25, 0.3) is 4.98 Å². The molecule has 0 amide bonds. The summed E-state index contributed by atoms with van der Waals surface area (Å²) in [6, 6.07) is 5.70. The van der Waals surface area contributed by atoms with Gasteiger partial charge in [0.15, 0.2) is 4.98 Å². The van der Waals surface area contributed by atoms with E-state index in [2.05, 4.69) is 4.98 Å². The summed E-state index contributed by atoms with van der Waals surface area (Å²) < 4.78 is 156. The minimum atomic E-state index is -6.00. The van der Waals surface area contributed by atoms with Gasteiger partial charge in [0.05, 0.1) is 4.92 Å². The van der Waals surface area contributed by atoms with Crippen LogP contribution in [0.4, 0.5) is 80.4 Å². The molecule has 0 aliphatic rings. The summed E-state index contributed by atoms with van der Waals surface area (Å²) in [5.41, 5.74) is -0.229. The average Bonchev–Trinajstić information content (AvgIpc) is 2.39. The van der Waals surface area contributed by atoms with Crippen molar-refractivity contribution in [1.29, 1.82) is 5.39 Å². The van der Waals surface area contributed by atoms with Crippen molar-refractivity contribution < 1.29 is 74.0 Å². The molecule has 5 nitrogen and oxygen atoms in total. The van der Waals surface area contributed by atoms with E-state index in [9.17, 15) is 79.2 Å². The smallest absolute Gasteiger partial charge is 0.418 e. The molecule has 0 aliphatic carbocycles. The highest BCUT2D eigenvalue weighted by molar-refractivity contribution is 6.50. The van der Waals surface area contributed by atoms with Gasteiger partial charge in [0.1, 0.15) is 0 Å². The van der Waals surface area contributed by atoms with Crippen LogP contribution in [0.5, 0.6) is 0 Å². The lowest BCUT2D eigenvalue weighted by atomic mass is 10.3. The van der Waals surface area contributed by atoms with Crippen molar-refractivity contribution in [2.45, 2.75) is 0 Å². The summed E-state index contributed by atoms with van der Waals surface area (Å²) in [6.45, 7) is 0. The Balaban J connectivity index is -0.000000157. The molecule has 0 fully saturated rings. The number of para-hydroxylation sites is 1. The number of halogens is 16. The Hall–Kier alpha value is -2.82. The number of benzene rings is 1. The Morgan fingerprint density at radius 1 is 0.645 bits per heavy atom. The molecule has 0 aliphatic heterocycles. The van der Waals surface area contributed by atoms with Crippen LogP contribution in [0.15, 0.2) is 24.3 Å². The monoisotopic (exact) mass is 498 g/mol. The van der Waals surface area contributed by atoms with Crippen molar-refractivity contribution in [3.8, 4) is 0 Å². The van der Waals surface area contributed by atoms with Gasteiger partial charge in [0, 0.05) is 12.1 Å². The molecular formula is C6H4B4F16N3O2-3. The van der Waals surface area contributed by atoms with E-state index in [0.29, 0.717) is 0 Å². The van der Waals surface area contributed by atoms with Gasteiger partial charge in [0.25, 0.3) is 0 Å². The highest BCUT2D eigenvalue weighted by atomic mass is 19.5. The van der Waals surface area contributed by atoms with E-state index >= 15 is 0 Å². The van der Waals surface area contributed by atoms with E-state index in [-0.39, 0.29) is 11.4 Å². The van der Waals surface area contributed by atoms with Crippen LogP contribution in [0.1, 0.15) is 0 Å². The van der Waals surface area contributed by atoms with Gasteiger partial charge in [-0.1, -0.05) is 12.1 Å². The Morgan fingerprint density at radius 2 is 0.871 bits per heavy atom. The molecule has 1 rings (SSSR count). The molecule has 1 aromatic rings. The fourth-order valence-corrected chi connectivity index (χ4v) is 0.703. The Bertz CT molecular complexity index is 596. The van der Waals surface area contributed by atoms with Gasteiger partial charge >= 0.3 is 40.4 Å². The van der Waals surface area contributed by atoms with Crippen LogP contribution in [0, 0.1) is 15.5 Å². The van der Waals surface area contributed by atoms with Gasteiger partial charge in [-0.15, -0.1) is 0 Å². The predicted molar refractivity (Wildman–Crippen MR) is 78.6 cm³/mol. The third-order valence-electron chi connectivity index (χ3n) is 1.19. The molecule has 0 radical (unpaired) electrons. The lowest BCUT2D eigenvalue weighted by molar-refractivity contribution is -0.383. The summed E-state index contributed by atoms with van der Waals surface area (Å²) >= 11 is 0. The maximum Gasteiger partial charge on any atom is 0.673 e. The van der Waals surface area contributed by atoms with Gasteiger partial charge in [-0.3, -0.25) is 10.1 Å². The zero-order valence-electron chi connectivity index (χ0n) is 13.8. The summed E-state index contributed by atoms with van der Waals surface area (Å²) in [5.74, 6) is 0. The lowest BCUT2D eigenvalue weighted by Gasteiger charge is -1.94. The van der Waals surface area contributed by atoms with Crippen molar-refractivity contribution in [1.82, 2.24) is 0 Å². The maximum absolute atomic E-state index is 10.2. The lowest BCUT2D eigenvalue weighted by Crippen LogP contribution is -2.02. The van der Waals surface area contributed by atoms with Gasteiger partial charge in [0.2, 0.25) is 5.39 Å². The molecule has 0 saturated carbocycles. The minimum absolute atomic E-state index is 0.0301. The number of hydrogen-bond donors (Lipinski definition) is 0. The number of nitro benzene ring substituents is 1. The largest absolute Gasteiger partial charge is 0.673 e. The van der Waals surface area contributed by atoms with E-state index in [0.717, 1.165) is 0 Å². The molecule has 31 heavy (non-hydrogen) atoms. The van der Waals surface area contributed by atoms with Crippen molar-refractivity contribution in [2.24, 2.45) is 0 Å². The van der Waals surface area contributed by atoms with Crippen LogP contribution < -0.4 is 0 Å². The van der Waals surface area contributed by atoms with Gasteiger partial charge in [-0.2, -0.15) is 0 Å². The van der Waals surface area contributed by atoms with Crippen molar-refractivity contribution in [3.05, 3.63) is 39.4 Å². The quantitative estimate of drug-likeness (QED) is 0.135. The number of diazo groups is 1. The fraction of sp³-hybridized carbons (Fsp3) is 0. The number of rotatable bonds is 1. The Morgan fingerprint density at radius 3 is 1.03 bits per heavy atom. The molecule has 25 heteroatoms. The molecule has 0 bridgehead atoms. The second kappa shape index (κ2) is 15.1. The predicted octanol–water partition coefficient (Wildman–Crippen LogP) is 7.28. The summed E-state index contributed by atoms with van der Waals surface area (Å²) in [5, 5.41) is 18.5. The van der Waals surface area contributed by atoms with Crippen LogP contribution in [-0.4, -0.2) is 33.9 Å². The first-order chi connectivity index (χ1) is 13.3. The maximum atomic E-state index is 10.2. The first-order valence-electron chi connectivity index (χ1n) is 6.33. The normalized spacial score (nSPS) is 10.8. The molecular weight excluding hydrogens is 493 g/mol. The van der Waals surface area contributed by atoms with Gasteiger partial charge < -0.3 is 69.1 Å². The summed E-state index contributed by atoms with van der Waals surface area (Å²) in [7, 11) is -24.0. The molecule has 0 spiro atoms. The second-order valence-electron chi connectivity index (χ2n) is 3.83. The van der Waals surface area contributed by atoms with Gasteiger partial charge in [-0.25, -0.2) is 0 Å². The highest BCUT2D eigenvalue weighted by Crippen LogP contribution is 2.25. The second-order valence-corrected chi connectivity index (χ2v) is 3.83. The van der Waals surface area contributed by atoms with E-state index in [4.69, 9.17) is 5.39 Å². The molecule has 0 N–H and O–H groups in total. The Kier molecular flexibility index (Phi) is 17.3. The number of nitro groups is 1. The zero-order chi connectivity index (χ0) is 26.3. The third-order valence-corrected chi connectivity index (χ3v) is 1.19. The van der Waals surface area contributed by atoms with Crippen LogP contribution in [-0.2, 0) is 0 Å². The number of hydrogen-bond acceptors (Lipinski definition) is 3. The first kappa shape index (κ1) is 35.6. The van der Waals surface area contributed by atoms with E-state index < -0.39 is 33.9 Å². The SMILES string of the molecule is F[B-](F)(F)F.F[B-](F)(F)F.F[B-](F)(F)F.F[B-](F)(F)F.N#[N+]c1ccccc1[N+](=O)[O-]. The molecule has 0 heterocycles. The average molecular weight is 497 g/mol. The summed E-state index contributed by atoms with van der Waals surface area (Å²) in [4.78, 5) is 12.4. The van der Waals surface area contributed by atoms with Crippen LogP contribution in [0.3, 0.4) is 0 Å². The van der Waals surface area contributed by atoms with Gasteiger partial charge in [-0.05, 0) is 0 Å². The fourth-order valence-electron chi connectivity index (χ4n) is 0.703. The minimum Gasteiger partial charge on any atom is -0.418 e. The van der Waals surface area contributed by atoms with Crippen LogP contribution in [0.2, 0.25) is 0 Å². The topological polar surface area (TPSA) is 71.3 Å².